The Balaban J connectivity index is 1.64. The normalized spacial score (nSPS) is 15.5. The first kappa shape index (κ1) is 27.6. The smallest absolute Gasteiger partial charge is 0.319 e. The Morgan fingerprint density at radius 2 is 1.92 bits per heavy atom. The molecule has 4 rings (SSSR count). The van der Waals surface area contributed by atoms with Crippen LogP contribution >= 0.6 is 0 Å². The van der Waals surface area contributed by atoms with Crippen molar-refractivity contribution in [2.24, 2.45) is 0 Å². The van der Waals surface area contributed by atoms with Crippen molar-refractivity contribution < 1.29 is 14.6 Å². The lowest BCUT2D eigenvalue weighted by molar-refractivity contribution is 0.0899. The Morgan fingerprint density at radius 1 is 1.14 bits per heavy atom. The van der Waals surface area contributed by atoms with Crippen LogP contribution in [0, 0.1) is 0 Å². The van der Waals surface area contributed by atoms with Crippen molar-refractivity contribution in [1.29, 1.82) is 0 Å². The van der Waals surface area contributed by atoms with Crippen molar-refractivity contribution in [2.45, 2.75) is 77.7 Å². The lowest BCUT2D eigenvalue weighted by Crippen LogP contribution is -2.22. The lowest BCUT2D eigenvalue weighted by atomic mass is 10.0. The Bertz CT molecular complexity index is 1170. The second-order valence-corrected chi connectivity index (χ2v) is 16.9. The van der Waals surface area contributed by atoms with Gasteiger partial charge in [0.2, 0.25) is 0 Å². The summed E-state index contributed by atoms with van der Waals surface area (Å²) in [5.41, 5.74) is 10.4. The van der Waals surface area contributed by atoms with E-state index in [1.807, 2.05) is 22.9 Å². The number of hydrogen-bond donors (Lipinski definition) is 2. The van der Waals surface area contributed by atoms with Crippen molar-refractivity contribution in [1.82, 2.24) is 19.4 Å². The van der Waals surface area contributed by atoms with Crippen LogP contribution in [-0.2, 0) is 18.0 Å². The number of nitrogens with two attached hydrogens (primary N) is 1. The molecule has 1 aliphatic heterocycles. The van der Waals surface area contributed by atoms with E-state index in [-0.39, 0.29) is 6.01 Å². The largest absolute Gasteiger partial charge is 0.463 e. The minimum Gasteiger partial charge on any atom is -0.463 e. The predicted octanol–water partition coefficient (Wildman–Crippen LogP) is 5.18. The van der Waals surface area contributed by atoms with Crippen LogP contribution in [0.4, 0.5) is 5.82 Å². The second kappa shape index (κ2) is 12.4. The highest BCUT2D eigenvalue weighted by atomic mass is 28.3. The van der Waals surface area contributed by atoms with Crippen LogP contribution in [0.25, 0.3) is 11.0 Å². The summed E-state index contributed by atoms with van der Waals surface area (Å²) in [6.07, 6.45) is 5.48. The zero-order valence-corrected chi connectivity index (χ0v) is 23.9. The van der Waals surface area contributed by atoms with Crippen molar-refractivity contribution in [3.8, 4) is 6.01 Å². The zero-order chi connectivity index (χ0) is 26.4. The molecule has 1 aromatic carbocycles. The first-order chi connectivity index (χ1) is 17.7. The molecule has 1 unspecified atom stereocenters. The number of aromatic nitrogens is 3. The summed E-state index contributed by atoms with van der Waals surface area (Å²) < 4.78 is 13.7. The van der Waals surface area contributed by atoms with Crippen LogP contribution < -0.4 is 10.5 Å². The highest BCUT2D eigenvalue weighted by Crippen LogP contribution is 2.33. The molecule has 2 aromatic heterocycles. The molecule has 0 bridgehead atoms. The third-order valence-electron chi connectivity index (χ3n) is 6.87. The van der Waals surface area contributed by atoms with E-state index in [2.05, 4.69) is 48.6 Å². The van der Waals surface area contributed by atoms with E-state index in [1.165, 1.54) is 18.4 Å². The van der Waals surface area contributed by atoms with E-state index >= 15 is 0 Å². The van der Waals surface area contributed by atoms with E-state index in [9.17, 15) is 5.11 Å². The van der Waals surface area contributed by atoms with E-state index in [0.717, 1.165) is 44.1 Å². The third kappa shape index (κ3) is 7.31. The Kier molecular flexibility index (Phi) is 9.23. The molecule has 0 spiro atoms. The topological polar surface area (TPSA) is 98.7 Å². The average molecular weight is 526 g/mol. The zero-order valence-electron chi connectivity index (χ0n) is 22.9. The summed E-state index contributed by atoms with van der Waals surface area (Å²) in [6, 6.07) is 9.53. The summed E-state index contributed by atoms with van der Waals surface area (Å²) in [6.45, 7) is 13.8. The molecule has 3 N–H and O–H groups in total. The van der Waals surface area contributed by atoms with Gasteiger partial charge in [0.15, 0.2) is 5.82 Å². The number of likely N-dealkylation sites (tertiary alicyclic amines) is 1. The molecule has 1 atom stereocenters. The molecule has 0 radical (unpaired) electrons. The van der Waals surface area contributed by atoms with Gasteiger partial charge in [-0.3, -0.25) is 4.90 Å². The number of benzene rings is 1. The maximum Gasteiger partial charge on any atom is 0.319 e. The minimum absolute atomic E-state index is 0.243. The van der Waals surface area contributed by atoms with Crippen LogP contribution in [0.3, 0.4) is 0 Å². The maximum atomic E-state index is 11.6. The minimum atomic E-state index is -1.20. The Labute approximate surface area is 221 Å². The van der Waals surface area contributed by atoms with Gasteiger partial charge < -0.3 is 24.9 Å². The molecule has 1 aliphatic rings. The van der Waals surface area contributed by atoms with Gasteiger partial charge in [-0.2, -0.15) is 9.97 Å². The van der Waals surface area contributed by atoms with Gasteiger partial charge in [0.05, 0.1) is 6.61 Å². The molecule has 3 aromatic rings. The summed E-state index contributed by atoms with van der Waals surface area (Å²) in [5, 5.41) is 11.6. The Morgan fingerprint density at radius 3 is 2.65 bits per heavy atom. The van der Waals surface area contributed by atoms with Crippen LogP contribution in [-0.4, -0.2) is 58.9 Å². The fourth-order valence-electron chi connectivity index (χ4n) is 4.68. The number of unbranched alkanes of at least 4 members (excludes halogenated alkanes) is 1. The SMILES string of the molecule is CCCCOc1nc(N)c2c(n1)c(C(O)c1cccc(CN3CCCC3)c1)cn2COCC[Si](C)(C)C. The van der Waals surface area contributed by atoms with Crippen LogP contribution in [0.1, 0.15) is 55.4 Å². The summed E-state index contributed by atoms with van der Waals surface area (Å²) in [7, 11) is -1.20. The molecule has 8 nitrogen and oxygen atoms in total. The summed E-state index contributed by atoms with van der Waals surface area (Å²) >= 11 is 0. The van der Waals surface area contributed by atoms with Crippen molar-refractivity contribution in [3.05, 3.63) is 47.2 Å². The molecule has 9 heteroatoms. The van der Waals surface area contributed by atoms with Gasteiger partial charge in [-0.05, 0) is 49.5 Å². The number of aliphatic hydroxyl groups excluding tert-OH is 1. The first-order valence-electron chi connectivity index (χ1n) is 13.6. The van der Waals surface area contributed by atoms with Gasteiger partial charge in [0.25, 0.3) is 0 Å². The number of ether oxygens (including phenoxy) is 2. The summed E-state index contributed by atoms with van der Waals surface area (Å²) in [5.74, 6) is 0.325. The number of nitrogen functional groups attached to an aromatic ring is 1. The highest BCUT2D eigenvalue weighted by molar-refractivity contribution is 6.76. The van der Waals surface area contributed by atoms with Crippen LogP contribution in [0.5, 0.6) is 6.01 Å². The maximum absolute atomic E-state index is 11.6. The quantitative estimate of drug-likeness (QED) is 0.234. The molecule has 1 fully saturated rings. The Hall–Kier alpha value is -2.46. The molecular weight excluding hydrogens is 482 g/mol. The number of nitrogens with zero attached hydrogens (tertiary/aromatic N) is 4. The molecule has 37 heavy (non-hydrogen) atoms. The number of rotatable bonds is 13. The standard InChI is InChI=1S/C28H43N5O3Si/c1-5-6-14-36-28-30-24-23(19-33(25(24)27(29)31-28)20-35-15-16-37(2,3)4)26(34)22-11-9-10-21(17-22)18-32-12-7-8-13-32/h9-11,17,19,26,34H,5-8,12-16,18,20H2,1-4H3,(H2,29,30,31). The third-order valence-corrected chi connectivity index (χ3v) is 8.57. The molecule has 0 aliphatic carbocycles. The van der Waals surface area contributed by atoms with Crippen LogP contribution in [0.15, 0.2) is 30.5 Å². The number of anilines is 1. The predicted molar refractivity (Wildman–Crippen MR) is 151 cm³/mol. The van der Waals surface area contributed by atoms with E-state index < -0.39 is 14.2 Å². The van der Waals surface area contributed by atoms with Crippen molar-refractivity contribution in [2.75, 3.05) is 32.0 Å². The van der Waals surface area contributed by atoms with Crippen LogP contribution in [0.2, 0.25) is 25.7 Å². The molecule has 0 amide bonds. The fourth-order valence-corrected chi connectivity index (χ4v) is 5.44. The van der Waals surface area contributed by atoms with Gasteiger partial charge >= 0.3 is 6.01 Å². The van der Waals surface area contributed by atoms with Gasteiger partial charge in [-0.1, -0.05) is 57.3 Å². The summed E-state index contributed by atoms with van der Waals surface area (Å²) in [4.78, 5) is 11.6. The van der Waals surface area contributed by atoms with Gasteiger partial charge in [-0.25, -0.2) is 0 Å². The molecule has 1 saturated heterocycles. The molecular formula is C28H43N5O3Si. The second-order valence-electron chi connectivity index (χ2n) is 11.3. The first-order valence-corrected chi connectivity index (χ1v) is 17.3. The molecule has 202 valence electrons. The molecule has 3 heterocycles. The highest BCUT2D eigenvalue weighted by Gasteiger charge is 2.23. The fraction of sp³-hybridized carbons (Fsp3) is 0.571. The number of hydrogen-bond acceptors (Lipinski definition) is 7. The molecule has 0 saturated carbocycles. The van der Waals surface area contributed by atoms with Gasteiger partial charge in [0, 0.05) is 33.0 Å². The van der Waals surface area contributed by atoms with Crippen molar-refractivity contribution >= 4 is 24.9 Å². The number of aliphatic hydroxyl groups is 1. The average Bonchev–Trinajstić information content (AvgIpc) is 3.49. The van der Waals surface area contributed by atoms with E-state index in [0.29, 0.717) is 42.4 Å². The van der Waals surface area contributed by atoms with Gasteiger partial charge in [0.1, 0.15) is 23.9 Å². The van der Waals surface area contributed by atoms with Gasteiger partial charge in [-0.15, -0.1) is 0 Å². The van der Waals surface area contributed by atoms with E-state index in [4.69, 9.17) is 20.2 Å². The van der Waals surface area contributed by atoms with Crippen molar-refractivity contribution in [3.63, 3.8) is 0 Å². The van der Waals surface area contributed by atoms with E-state index in [1.54, 1.807) is 0 Å². The lowest BCUT2D eigenvalue weighted by Gasteiger charge is -2.16. The monoisotopic (exact) mass is 525 g/mol. The number of fused-ring (bicyclic) bond motifs is 1.